The van der Waals surface area contributed by atoms with Gasteiger partial charge < -0.3 is 15.1 Å². The predicted octanol–water partition coefficient (Wildman–Crippen LogP) is 1.51. The molecule has 3 rings (SSSR count). The minimum Gasteiger partial charge on any atom is -0.356 e. The Morgan fingerprint density at radius 2 is 2.15 bits per heavy atom. The van der Waals surface area contributed by atoms with Gasteiger partial charge in [0.1, 0.15) is 18.2 Å². The minimum absolute atomic E-state index is 0.0610. The largest absolute Gasteiger partial charge is 0.356 e. The highest BCUT2D eigenvalue weighted by atomic mass is 19.1. The lowest BCUT2D eigenvalue weighted by Crippen LogP contribution is -2.55. The molecule has 27 heavy (non-hydrogen) atoms. The molecule has 1 aliphatic heterocycles. The van der Waals surface area contributed by atoms with Gasteiger partial charge in [0, 0.05) is 44.5 Å². The number of aromatic nitrogens is 2. The summed E-state index contributed by atoms with van der Waals surface area (Å²) in [6.07, 6.45) is 3.45. The van der Waals surface area contributed by atoms with E-state index in [4.69, 9.17) is 0 Å². The first kappa shape index (κ1) is 18.8. The van der Waals surface area contributed by atoms with Crippen LogP contribution in [-0.4, -0.2) is 52.7 Å². The number of carbonyl (C=O) groups excluding carboxylic acids is 1. The molecule has 1 fully saturated rings. The van der Waals surface area contributed by atoms with Crippen LogP contribution in [0.5, 0.6) is 0 Å². The number of benzene rings is 1. The van der Waals surface area contributed by atoms with Crippen molar-refractivity contribution in [3.05, 3.63) is 47.8 Å². The van der Waals surface area contributed by atoms with E-state index in [0.717, 1.165) is 11.8 Å². The average molecular weight is 376 g/mol. The number of hydrogen-bond donors (Lipinski definition) is 1. The highest BCUT2D eigenvalue weighted by Crippen LogP contribution is 2.16. The molecule has 1 N–H and O–H groups in total. The molecule has 0 aliphatic carbocycles. The number of guanidine groups is 1. The molecule has 7 nitrogen and oxygen atoms in total. The first-order valence-electron chi connectivity index (χ1n) is 8.74. The summed E-state index contributed by atoms with van der Waals surface area (Å²) in [7, 11) is 1.80. The molecule has 0 saturated carbocycles. The van der Waals surface area contributed by atoms with Crippen molar-refractivity contribution < 1.29 is 13.6 Å². The monoisotopic (exact) mass is 376 g/mol. The van der Waals surface area contributed by atoms with Gasteiger partial charge in [0.2, 0.25) is 5.91 Å². The van der Waals surface area contributed by atoms with Crippen LogP contribution >= 0.6 is 0 Å². The van der Waals surface area contributed by atoms with Gasteiger partial charge in [-0.1, -0.05) is 6.07 Å². The Labute approximate surface area is 156 Å². The van der Waals surface area contributed by atoms with E-state index in [0.29, 0.717) is 31.2 Å². The fraction of sp³-hybridized carbons (Fsp3) is 0.389. The number of carbonyl (C=O) groups is 1. The zero-order valence-electron chi connectivity index (χ0n) is 15.3. The highest BCUT2D eigenvalue weighted by molar-refractivity contribution is 5.98. The van der Waals surface area contributed by atoms with Gasteiger partial charge >= 0.3 is 0 Å². The number of amides is 1. The van der Waals surface area contributed by atoms with E-state index in [1.165, 1.54) is 12.1 Å². The van der Waals surface area contributed by atoms with Gasteiger partial charge in [0.15, 0.2) is 5.96 Å². The van der Waals surface area contributed by atoms with Gasteiger partial charge in [-0.25, -0.2) is 13.8 Å². The van der Waals surface area contributed by atoms with E-state index < -0.39 is 11.6 Å². The first-order chi connectivity index (χ1) is 13.0. The fourth-order valence-corrected chi connectivity index (χ4v) is 2.91. The second-order valence-corrected chi connectivity index (χ2v) is 6.25. The number of anilines is 1. The third-order valence-electron chi connectivity index (χ3n) is 4.27. The van der Waals surface area contributed by atoms with Crippen molar-refractivity contribution in [1.82, 2.24) is 20.0 Å². The number of aryl methyl sites for hydroxylation is 1. The van der Waals surface area contributed by atoms with Crippen LogP contribution in [0.15, 0.2) is 35.6 Å². The van der Waals surface area contributed by atoms with E-state index in [2.05, 4.69) is 15.4 Å². The van der Waals surface area contributed by atoms with Crippen molar-refractivity contribution in [3.63, 3.8) is 0 Å². The maximum atomic E-state index is 13.8. The van der Waals surface area contributed by atoms with Gasteiger partial charge in [-0.05, 0) is 13.0 Å². The number of piperazine rings is 1. The Kier molecular flexibility index (Phi) is 5.68. The molecule has 2 heterocycles. The van der Waals surface area contributed by atoms with Gasteiger partial charge in [-0.3, -0.25) is 9.48 Å². The summed E-state index contributed by atoms with van der Waals surface area (Å²) >= 11 is 0. The molecule has 1 amide bonds. The van der Waals surface area contributed by atoms with Crippen LogP contribution in [0.25, 0.3) is 0 Å². The molecular formula is C18H22F2N6O. The van der Waals surface area contributed by atoms with Crippen LogP contribution in [0.2, 0.25) is 0 Å². The average Bonchev–Trinajstić information content (AvgIpc) is 3.06. The van der Waals surface area contributed by atoms with E-state index >= 15 is 0 Å². The summed E-state index contributed by atoms with van der Waals surface area (Å²) in [4.78, 5) is 20.5. The van der Waals surface area contributed by atoms with Crippen LogP contribution in [0.1, 0.15) is 12.5 Å². The Morgan fingerprint density at radius 1 is 1.33 bits per heavy atom. The minimum atomic E-state index is -0.632. The molecule has 144 valence electrons. The molecule has 0 atom stereocenters. The standard InChI is InChI=1S/C18H22F2N6O/c1-3-21-18(22-9-13-4-5-14(19)8-16(13)20)25-6-7-26(17(27)12-25)15-10-23-24(2)11-15/h4-5,8,10-11H,3,6-7,9,12H2,1-2H3,(H,21,22). The summed E-state index contributed by atoms with van der Waals surface area (Å²) in [5.41, 5.74) is 1.06. The Hall–Kier alpha value is -2.97. The topological polar surface area (TPSA) is 65.8 Å². The Balaban J connectivity index is 1.71. The summed E-state index contributed by atoms with van der Waals surface area (Å²) in [5, 5.41) is 7.22. The predicted molar refractivity (Wildman–Crippen MR) is 98.3 cm³/mol. The van der Waals surface area contributed by atoms with Crippen molar-refractivity contribution in [2.75, 3.05) is 31.1 Å². The normalized spacial score (nSPS) is 15.4. The quantitative estimate of drug-likeness (QED) is 0.649. The van der Waals surface area contributed by atoms with Gasteiger partial charge in [-0.2, -0.15) is 5.10 Å². The number of nitrogens with one attached hydrogen (secondary N) is 1. The lowest BCUT2D eigenvalue weighted by molar-refractivity contribution is -0.120. The summed E-state index contributed by atoms with van der Waals surface area (Å²) in [6, 6.07) is 3.42. The van der Waals surface area contributed by atoms with E-state index in [9.17, 15) is 13.6 Å². The zero-order valence-corrected chi connectivity index (χ0v) is 15.3. The number of aliphatic imine (C=N–C) groups is 1. The smallest absolute Gasteiger partial charge is 0.246 e. The lowest BCUT2D eigenvalue weighted by atomic mass is 10.2. The Bertz CT molecular complexity index is 850. The SMILES string of the molecule is CCNC(=NCc1ccc(F)cc1F)N1CCN(c2cnn(C)c2)C(=O)C1. The van der Waals surface area contributed by atoms with Crippen molar-refractivity contribution in [1.29, 1.82) is 0 Å². The van der Waals surface area contributed by atoms with Crippen molar-refractivity contribution in [2.24, 2.45) is 12.0 Å². The third-order valence-corrected chi connectivity index (χ3v) is 4.27. The second-order valence-electron chi connectivity index (χ2n) is 6.25. The highest BCUT2D eigenvalue weighted by Gasteiger charge is 2.27. The number of rotatable bonds is 4. The molecule has 1 aromatic heterocycles. The fourth-order valence-electron chi connectivity index (χ4n) is 2.91. The zero-order chi connectivity index (χ0) is 19.4. The van der Waals surface area contributed by atoms with Crippen LogP contribution < -0.4 is 10.2 Å². The molecule has 9 heteroatoms. The molecule has 2 aromatic rings. The second kappa shape index (κ2) is 8.15. The number of nitrogens with zero attached hydrogens (tertiary/aromatic N) is 5. The summed E-state index contributed by atoms with van der Waals surface area (Å²) < 4.78 is 28.5. The third kappa shape index (κ3) is 4.42. The van der Waals surface area contributed by atoms with Crippen LogP contribution in [0.3, 0.4) is 0 Å². The molecule has 0 bridgehead atoms. The van der Waals surface area contributed by atoms with Gasteiger partial charge in [-0.15, -0.1) is 0 Å². The molecule has 1 aromatic carbocycles. The van der Waals surface area contributed by atoms with Crippen LogP contribution in [0.4, 0.5) is 14.5 Å². The van der Waals surface area contributed by atoms with Crippen molar-refractivity contribution in [2.45, 2.75) is 13.5 Å². The number of hydrogen-bond acceptors (Lipinski definition) is 3. The van der Waals surface area contributed by atoms with E-state index in [1.807, 2.05) is 11.8 Å². The van der Waals surface area contributed by atoms with E-state index in [1.54, 1.807) is 29.0 Å². The molecule has 0 unspecified atom stereocenters. The molecule has 1 aliphatic rings. The molecule has 0 radical (unpaired) electrons. The van der Waals surface area contributed by atoms with Gasteiger partial charge in [0.05, 0.1) is 18.4 Å². The molecule has 0 spiro atoms. The first-order valence-corrected chi connectivity index (χ1v) is 8.74. The van der Waals surface area contributed by atoms with Crippen molar-refractivity contribution >= 4 is 17.6 Å². The Morgan fingerprint density at radius 3 is 2.78 bits per heavy atom. The van der Waals surface area contributed by atoms with E-state index in [-0.39, 0.29) is 19.0 Å². The maximum Gasteiger partial charge on any atom is 0.246 e. The molecular weight excluding hydrogens is 354 g/mol. The molecule has 1 saturated heterocycles. The van der Waals surface area contributed by atoms with Crippen LogP contribution in [0, 0.1) is 11.6 Å². The lowest BCUT2D eigenvalue weighted by Gasteiger charge is -2.35. The maximum absolute atomic E-state index is 13.8. The van der Waals surface area contributed by atoms with Crippen LogP contribution in [-0.2, 0) is 18.4 Å². The number of halogens is 2. The summed E-state index contributed by atoms with van der Waals surface area (Å²) in [6.45, 7) is 3.83. The summed E-state index contributed by atoms with van der Waals surface area (Å²) in [5.74, 6) is -0.787. The van der Waals surface area contributed by atoms with Crippen molar-refractivity contribution in [3.8, 4) is 0 Å². The van der Waals surface area contributed by atoms with Gasteiger partial charge in [0.25, 0.3) is 0 Å².